The number of carbonyl (C=O) groups is 1. The highest BCUT2D eigenvalue weighted by molar-refractivity contribution is 6.34. The van der Waals surface area contributed by atoms with Gasteiger partial charge in [-0.15, -0.1) is 0 Å². The summed E-state index contributed by atoms with van der Waals surface area (Å²) in [6.07, 6.45) is 0.955. The number of hydrogen-bond acceptors (Lipinski definition) is 3. The third kappa shape index (κ3) is 5.13. The number of carbonyl (C=O) groups excluding carboxylic acids is 1. The first-order chi connectivity index (χ1) is 12.6. The highest BCUT2D eigenvalue weighted by atomic mass is 35.5. The maximum Gasteiger partial charge on any atom is 0.253 e. The van der Waals surface area contributed by atoms with Gasteiger partial charge in [-0.05, 0) is 30.7 Å². The molecule has 0 bridgehead atoms. The number of rotatable bonds is 5. The Labute approximate surface area is 164 Å². The quantitative estimate of drug-likeness (QED) is 0.763. The van der Waals surface area contributed by atoms with Gasteiger partial charge in [0.05, 0.1) is 5.02 Å². The Morgan fingerprint density at radius 1 is 1.00 bits per heavy atom. The first-order valence-electron chi connectivity index (χ1n) is 8.78. The zero-order chi connectivity index (χ0) is 18.4. The van der Waals surface area contributed by atoms with Crippen molar-refractivity contribution in [3.8, 4) is 5.75 Å². The Balaban J connectivity index is 1.48. The molecule has 1 amide bonds. The van der Waals surface area contributed by atoms with Gasteiger partial charge in [0, 0.05) is 49.4 Å². The molecule has 0 unspecified atom stereocenters. The molecule has 1 aliphatic rings. The molecule has 1 heterocycles. The van der Waals surface area contributed by atoms with Crippen LogP contribution in [0, 0.1) is 0 Å². The van der Waals surface area contributed by atoms with E-state index in [1.807, 2.05) is 35.2 Å². The molecule has 6 heteroatoms. The van der Waals surface area contributed by atoms with Crippen molar-refractivity contribution in [3.05, 3.63) is 64.1 Å². The Bertz CT molecular complexity index is 740. The van der Waals surface area contributed by atoms with Gasteiger partial charge in [-0.25, -0.2) is 0 Å². The summed E-state index contributed by atoms with van der Waals surface area (Å²) < 4.78 is 5.77. The first-order valence-corrected chi connectivity index (χ1v) is 9.53. The van der Waals surface area contributed by atoms with Crippen LogP contribution in [0.15, 0.2) is 48.5 Å². The molecule has 1 fully saturated rings. The van der Waals surface area contributed by atoms with Crippen LogP contribution in [0.5, 0.6) is 5.75 Å². The molecule has 0 aromatic heterocycles. The van der Waals surface area contributed by atoms with Gasteiger partial charge >= 0.3 is 0 Å². The summed E-state index contributed by atoms with van der Waals surface area (Å²) in [7, 11) is 0. The van der Waals surface area contributed by atoms with E-state index in [-0.39, 0.29) is 5.91 Å². The molecule has 3 rings (SSSR count). The fraction of sp³-hybridized carbons (Fsp3) is 0.350. The predicted octanol–water partition coefficient (Wildman–Crippen LogP) is 4.22. The molecular weight excluding hydrogens is 371 g/mol. The van der Waals surface area contributed by atoms with E-state index in [0.717, 1.165) is 44.7 Å². The fourth-order valence-electron chi connectivity index (χ4n) is 3.03. The summed E-state index contributed by atoms with van der Waals surface area (Å²) in [5.74, 6) is 0.712. The van der Waals surface area contributed by atoms with Gasteiger partial charge in [0.2, 0.25) is 0 Å². The molecule has 2 aromatic rings. The summed E-state index contributed by atoms with van der Waals surface area (Å²) in [4.78, 5) is 16.8. The lowest BCUT2D eigenvalue weighted by Gasteiger charge is -2.22. The van der Waals surface area contributed by atoms with E-state index in [1.165, 1.54) is 0 Å². The number of nitrogens with zero attached hydrogens (tertiary/aromatic N) is 2. The minimum absolute atomic E-state index is 0.106. The van der Waals surface area contributed by atoms with Gasteiger partial charge in [0.15, 0.2) is 0 Å². The number of amides is 1. The normalized spacial score (nSPS) is 15.5. The second kappa shape index (κ2) is 9.26. The molecule has 0 N–H and O–H groups in total. The lowest BCUT2D eigenvalue weighted by atomic mass is 10.2. The molecule has 2 aromatic carbocycles. The monoisotopic (exact) mass is 392 g/mol. The van der Waals surface area contributed by atoms with Crippen LogP contribution in [-0.4, -0.2) is 55.0 Å². The number of halogens is 2. The summed E-state index contributed by atoms with van der Waals surface area (Å²) in [5, 5.41) is 1.17. The molecule has 138 valence electrons. The second-order valence-corrected chi connectivity index (χ2v) is 7.12. The van der Waals surface area contributed by atoms with Crippen LogP contribution in [0.2, 0.25) is 10.0 Å². The smallest absolute Gasteiger partial charge is 0.253 e. The Hall–Kier alpha value is -1.75. The Kier molecular flexibility index (Phi) is 6.78. The summed E-state index contributed by atoms with van der Waals surface area (Å²) >= 11 is 12.1. The SMILES string of the molecule is O=C(c1ccccc1)N1CCCN(CCOc2cc(Cl)ccc2Cl)CC1. The highest BCUT2D eigenvalue weighted by Crippen LogP contribution is 2.27. The largest absolute Gasteiger partial charge is 0.491 e. The van der Waals surface area contributed by atoms with E-state index in [2.05, 4.69) is 4.90 Å². The molecule has 0 aliphatic carbocycles. The third-order valence-electron chi connectivity index (χ3n) is 4.45. The molecule has 0 radical (unpaired) electrons. The zero-order valence-electron chi connectivity index (χ0n) is 14.5. The number of hydrogen-bond donors (Lipinski definition) is 0. The van der Waals surface area contributed by atoms with E-state index in [9.17, 15) is 4.79 Å². The van der Waals surface area contributed by atoms with Crippen molar-refractivity contribution in [3.63, 3.8) is 0 Å². The van der Waals surface area contributed by atoms with Crippen LogP contribution in [0.25, 0.3) is 0 Å². The van der Waals surface area contributed by atoms with Crippen LogP contribution in [0.3, 0.4) is 0 Å². The summed E-state index contributed by atoms with van der Waals surface area (Å²) in [6, 6.07) is 14.7. The second-order valence-electron chi connectivity index (χ2n) is 6.28. The van der Waals surface area contributed by atoms with Crippen LogP contribution in [0.1, 0.15) is 16.8 Å². The van der Waals surface area contributed by atoms with E-state index < -0.39 is 0 Å². The van der Waals surface area contributed by atoms with Gasteiger partial charge in [0.25, 0.3) is 5.91 Å². The number of ether oxygens (including phenoxy) is 1. The maximum atomic E-state index is 12.6. The van der Waals surface area contributed by atoms with Crippen molar-refractivity contribution >= 4 is 29.1 Å². The predicted molar refractivity (Wildman–Crippen MR) is 105 cm³/mol. The average Bonchev–Trinajstić information content (AvgIpc) is 2.90. The average molecular weight is 393 g/mol. The standard InChI is InChI=1S/C20H22Cl2N2O2/c21-17-7-8-18(22)19(15-17)26-14-13-23-9-4-10-24(12-11-23)20(25)16-5-2-1-3-6-16/h1-3,5-8,15H,4,9-14H2. The molecule has 0 atom stereocenters. The summed E-state index contributed by atoms with van der Waals surface area (Å²) in [5.41, 5.74) is 0.750. The Morgan fingerprint density at radius 3 is 2.62 bits per heavy atom. The van der Waals surface area contributed by atoms with E-state index in [0.29, 0.717) is 22.4 Å². The van der Waals surface area contributed by atoms with Crippen LogP contribution in [0.4, 0.5) is 0 Å². The van der Waals surface area contributed by atoms with Crippen molar-refractivity contribution in [2.75, 3.05) is 39.3 Å². The lowest BCUT2D eigenvalue weighted by Crippen LogP contribution is -2.36. The third-order valence-corrected chi connectivity index (χ3v) is 5.00. The maximum absolute atomic E-state index is 12.6. The van der Waals surface area contributed by atoms with Gasteiger partial charge in [-0.2, -0.15) is 0 Å². The molecule has 1 aliphatic heterocycles. The molecule has 0 saturated carbocycles. The first kappa shape index (κ1) is 19.0. The van der Waals surface area contributed by atoms with Crippen molar-refractivity contribution in [2.24, 2.45) is 0 Å². The topological polar surface area (TPSA) is 32.8 Å². The lowest BCUT2D eigenvalue weighted by molar-refractivity contribution is 0.0760. The van der Waals surface area contributed by atoms with Crippen LogP contribution < -0.4 is 4.74 Å². The van der Waals surface area contributed by atoms with Gasteiger partial charge in [-0.3, -0.25) is 9.69 Å². The van der Waals surface area contributed by atoms with Gasteiger partial charge < -0.3 is 9.64 Å². The van der Waals surface area contributed by atoms with Crippen LogP contribution >= 0.6 is 23.2 Å². The van der Waals surface area contributed by atoms with E-state index >= 15 is 0 Å². The highest BCUT2D eigenvalue weighted by Gasteiger charge is 2.20. The molecule has 4 nitrogen and oxygen atoms in total. The minimum atomic E-state index is 0.106. The van der Waals surface area contributed by atoms with Crippen molar-refractivity contribution < 1.29 is 9.53 Å². The minimum Gasteiger partial charge on any atom is -0.491 e. The molecular formula is C20H22Cl2N2O2. The zero-order valence-corrected chi connectivity index (χ0v) is 16.0. The molecule has 26 heavy (non-hydrogen) atoms. The van der Waals surface area contributed by atoms with Gasteiger partial charge in [-0.1, -0.05) is 41.4 Å². The van der Waals surface area contributed by atoms with Gasteiger partial charge in [0.1, 0.15) is 12.4 Å². The van der Waals surface area contributed by atoms with E-state index in [1.54, 1.807) is 18.2 Å². The Morgan fingerprint density at radius 2 is 1.81 bits per heavy atom. The van der Waals surface area contributed by atoms with Crippen molar-refractivity contribution in [1.29, 1.82) is 0 Å². The van der Waals surface area contributed by atoms with Crippen molar-refractivity contribution in [1.82, 2.24) is 9.80 Å². The molecule has 1 saturated heterocycles. The molecule has 0 spiro atoms. The number of benzene rings is 2. The van der Waals surface area contributed by atoms with Crippen LogP contribution in [-0.2, 0) is 0 Å². The fourth-order valence-corrected chi connectivity index (χ4v) is 3.37. The summed E-state index contributed by atoms with van der Waals surface area (Å²) in [6.45, 7) is 4.62. The van der Waals surface area contributed by atoms with E-state index in [4.69, 9.17) is 27.9 Å². The van der Waals surface area contributed by atoms with Crippen molar-refractivity contribution in [2.45, 2.75) is 6.42 Å².